The number of carbonyl (C=O) groups excluding carboxylic acids is 1. The summed E-state index contributed by atoms with van der Waals surface area (Å²) >= 11 is 0. The van der Waals surface area contributed by atoms with Crippen molar-refractivity contribution in [3.05, 3.63) is 46.7 Å². The van der Waals surface area contributed by atoms with E-state index in [0.29, 0.717) is 42.4 Å². The molecular weight excluding hydrogens is 406 g/mol. The van der Waals surface area contributed by atoms with E-state index < -0.39 is 17.3 Å². The number of hydrogen-bond acceptors (Lipinski definition) is 7. The van der Waals surface area contributed by atoms with Crippen molar-refractivity contribution in [2.75, 3.05) is 26.3 Å². The fourth-order valence-corrected chi connectivity index (χ4v) is 4.57. The van der Waals surface area contributed by atoms with E-state index in [9.17, 15) is 20.6 Å². The Hall–Kier alpha value is -3.96. The van der Waals surface area contributed by atoms with Gasteiger partial charge >= 0.3 is 0 Å². The maximum atomic E-state index is 12.1. The van der Waals surface area contributed by atoms with Gasteiger partial charge in [-0.25, -0.2) is 0 Å². The Kier molecular flexibility index (Phi) is 6.42. The molecule has 164 valence electrons. The van der Waals surface area contributed by atoms with Crippen LogP contribution in [0, 0.1) is 45.3 Å². The molecule has 1 amide bonds. The van der Waals surface area contributed by atoms with Crippen molar-refractivity contribution in [3.63, 3.8) is 0 Å². The molecule has 0 saturated carbocycles. The van der Waals surface area contributed by atoms with E-state index in [1.165, 1.54) is 6.92 Å². The molecule has 0 aromatic heterocycles. The number of ether oxygens (including phenoxy) is 2. The maximum Gasteiger partial charge on any atom is 0.219 e. The summed E-state index contributed by atoms with van der Waals surface area (Å²) in [7, 11) is 0. The van der Waals surface area contributed by atoms with Crippen molar-refractivity contribution in [1.29, 1.82) is 15.8 Å². The lowest BCUT2D eigenvalue weighted by Gasteiger charge is -2.45. The van der Waals surface area contributed by atoms with Gasteiger partial charge in [0.2, 0.25) is 5.91 Å². The molecule has 1 aliphatic heterocycles. The van der Waals surface area contributed by atoms with E-state index in [1.54, 1.807) is 29.2 Å². The molecule has 2 atom stereocenters. The summed E-state index contributed by atoms with van der Waals surface area (Å²) in [5.74, 6) is -0.241. The molecule has 0 fully saturated rings. The Bertz CT molecular complexity index is 1100. The number of amides is 1. The molecule has 0 radical (unpaired) electrons. The van der Waals surface area contributed by atoms with Gasteiger partial charge in [-0.05, 0) is 37.1 Å². The van der Waals surface area contributed by atoms with E-state index in [1.807, 2.05) is 13.8 Å². The molecule has 0 spiro atoms. The second-order valence-corrected chi connectivity index (χ2v) is 7.67. The maximum absolute atomic E-state index is 12.1. The fraction of sp³-hybridized carbons (Fsp3) is 0.417. The van der Waals surface area contributed by atoms with Gasteiger partial charge in [-0.2, -0.15) is 15.8 Å². The summed E-state index contributed by atoms with van der Waals surface area (Å²) in [5.41, 5.74) is 5.97. The number of carbonyl (C=O) groups is 1. The van der Waals surface area contributed by atoms with E-state index in [-0.39, 0.29) is 23.7 Å². The first kappa shape index (κ1) is 22.7. The normalized spacial score (nSPS) is 21.4. The third kappa shape index (κ3) is 3.53. The summed E-state index contributed by atoms with van der Waals surface area (Å²) in [6.07, 6.45) is 1.80. The van der Waals surface area contributed by atoms with E-state index >= 15 is 0 Å². The van der Waals surface area contributed by atoms with Crippen LogP contribution in [0.2, 0.25) is 0 Å². The lowest BCUT2D eigenvalue weighted by Crippen LogP contribution is -2.48. The number of nitriles is 3. The SMILES string of the molecule is CCOc1ccc([C@H]2[C@@H]3CN(C(C)=O)CC=C3C(C#N)=C(N)C2(C#N)C#N)cc1OCC. The molecule has 0 bridgehead atoms. The van der Waals surface area contributed by atoms with Gasteiger partial charge < -0.3 is 20.1 Å². The van der Waals surface area contributed by atoms with Crippen LogP contribution < -0.4 is 15.2 Å². The van der Waals surface area contributed by atoms with Gasteiger partial charge in [0.25, 0.3) is 0 Å². The van der Waals surface area contributed by atoms with Gasteiger partial charge in [0.1, 0.15) is 6.07 Å². The summed E-state index contributed by atoms with van der Waals surface area (Å²) in [5, 5.41) is 30.2. The lowest BCUT2D eigenvalue weighted by molar-refractivity contribution is -0.129. The Labute approximate surface area is 187 Å². The zero-order valence-electron chi connectivity index (χ0n) is 18.4. The first-order valence-electron chi connectivity index (χ1n) is 10.5. The van der Waals surface area contributed by atoms with Crippen LogP contribution in [0.15, 0.2) is 41.1 Å². The van der Waals surface area contributed by atoms with Crippen LogP contribution in [-0.4, -0.2) is 37.1 Å². The first-order chi connectivity index (χ1) is 15.4. The summed E-state index contributed by atoms with van der Waals surface area (Å²) in [6.45, 7) is 6.66. The van der Waals surface area contributed by atoms with Crippen LogP contribution in [0.5, 0.6) is 11.5 Å². The van der Waals surface area contributed by atoms with Crippen LogP contribution >= 0.6 is 0 Å². The van der Waals surface area contributed by atoms with Gasteiger partial charge in [0.15, 0.2) is 16.9 Å². The molecule has 3 rings (SSSR count). The second-order valence-electron chi connectivity index (χ2n) is 7.67. The molecule has 1 aromatic carbocycles. The molecule has 2 N–H and O–H groups in total. The number of nitrogens with zero attached hydrogens (tertiary/aromatic N) is 4. The Morgan fingerprint density at radius 1 is 1.19 bits per heavy atom. The molecule has 1 aliphatic carbocycles. The van der Waals surface area contributed by atoms with Gasteiger partial charge in [-0.3, -0.25) is 4.79 Å². The summed E-state index contributed by atoms with van der Waals surface area (Å²) in [6, 6.07) is 11.6. The predicted octanol–water partition coefficient (Wildman–Crippen LogP) is 2.76. The number of hydrogen-bond donors (Lipinski definition) is 1. The number of nitrogens with two attached hydrogens (primary N) is 1. The number of benzene rings is 1. The highest BCUT2D eigenvalue weighted by Gasteiger charge is 2.54. The van der Waals surface area contributed by atoms with Crippen molar-refractivity contribution < 1.29 is 14.3 Å². The molecule has 0 unspecified atom stereocenters. The zero-order valence-corrected chi connectivity index (χ0v) is 18.4. The van der Waals surface area contributed by atoms with Crippen molar-refractivity contribution in [3.8, 4) is 29.7 Å². The van der Waals surface area contributed by atoms with Gasteiger partial charge in [0, 0.05) is 31.8 Å². The number of allylic oxidation sites excluding steroid dienone is 2. The van der Waals surface area contributed by atoms with Gasteiger partial charge in [0.05, 0.1) is 36.6 Å². The second kappa shape index (κ2) is 9.04. The molecule has 2 aliphatic rings. The lowest BCUT2D eigenvalue weighted by atomic mass is 9.58. The Morgan fingerprint density at radius 2 is 1.84 bits per heavy atom. The molecule has 8 nitrogen and oxygen atoms in total. The summed E-state index contributed by atoms with van der Waals surface area (Å²) < 4.78 is 11.4. The van der Waals surface area contributed by atoms with Crippen LogP contribution in [0.25, 0.3) is 0 Å². The fourth-order valence-electron chi connectivity index (χ4n) is 4.57. The Balaban J connectivity index is 2.28. The van der Waals surface area contributed by atoms with Crippen LogP contribution in [-0.2, 0) is 4.79 Å². The van der Waals surface area contributed by atoms with Crippen LogP contribution in [0.3, 0.4) is 0 Å². The Morgan fingerprint density at radius 3 is 2.41 bits per heavy atom. The highest BCUT2D eigenvalue weighted by atomic mass is 16.5. The van der Waals surface area contributed by atoms with E-state index in [0.717, 1.165) is 0 Å². The van der Waals surface area contributed by atoms with Crippen molar-refractivity contribution in [1.82, 2.24) is 4.90 Å². The largest absolute Gasteiger partial charge is 0.490 e. The standard InChI is InChI=1S/C24H25N5O3/c1-4-31-20-7-6-16(10-21(20)32-5-2)22-19-12-29(15(3)30)9-8-17(19)18(11-25)23(28)24(22,13-26)14-27/h6-8,10,19,22H,4-5,9,12,28H2,1-3H3/t19-,22+/m1/s1. The molecular formula is C24H25N5O3. The average molecular weight is 431 g/mol. The number of rotatable bonds is 5. The zero-order chi connectivity index (χ0) is 23.5. The minimum Gasteiger partial charge on any atom is -0.490 e. The van der Waals surface area contributed by atoms with Crippen molar-refractivity contribution in [2.45, 2.75) is 26.7 Å². The molecule has 0 saturated heterocycles. The minimum atomic E-state index is -1.77. The third-order valence-electron chi connectivity index (χ3n) is 6.04. The highest BCUT2D eigenvalue weighted by molar-refractivity contribution is 5.74. The van der Waals surface area contributed by atoms with Crippen LogP contribution in [0.4, 0.5) is 0 Å². The quantitative estimate of drug-likeness (QED) is 0.757. The molecule has 1 aromatic rings. The smallest absolute Gasteiger partial charge is 0.219 e. The summed E-state index contributed by atoms with van der Waals surface area (Å²) in [4.78, 5) is 13.8. The predicted molar refractivity (Wildman–Crippen MR) is 116 cm³/mol. The van der Waals surface area contributed by atoms with Gasteiger partial charge in [-0.1, -0.05) is 12.1 Å². The molecule has 32 heavy (non-hydrogen) atoms. The molecule has 1 heterocycles. The third-order valence-corrected chi connectivity index (χ3v) is 6.04. The topological polar surface area (TPSA) is 136 Å². The minimum absolute atomic E-state index is 0.0550. The van der Waals surface area contributed by atoms with E-state index in [4.69, 9.17) is 15.2 Å². The number of fused-ring (bicyclic) bond motifs is 1. The van der Waals surface area contributed by atoms with Gasteiger partial charge in [-0.15, -0.1) is 0 Å². The van der Waals surface area contributed by atoms with Crippen molar-refractivity contribution in [2.24, 2.45) is 17.1 Å². The van der Waals surface area contributed by atoms with E-state index in [2.05, 4.69) is 18.2 Å². The first-order valence-corrected chi connectivity index (χ1v) is 10.5. The highest BCUT2D eigenvalue weighted by Crippen LogP contribution is 2.54. The van der Waals surface area contributed by atoms with Crippen molar-refractivity contribution >= 4 is 5.91 Å². The van der Waals surface area contributed by atoms with Crippen LogP contribution in [0.1, 0.15) is 32.3 Å². The average Bonchev–Trinajstić information content (AvgIpc) is 2.79. The molecule has 8 heteroatoms. The monoisotopic (exact) mass is 431 g/mol.